The molecule has 2 aromatic rings. The lowest BCUT2D eigenvalue weighted by molar-refractivity contribution is 0.648. The van der Waals surface area contributed by atoms with E-state index in [1.165, 1.54) is 16.3 Å². The summed E-state index contributed by atoms with van der Waals surface area (Å²) in [6, 6.07) is 14.7. The lowest BCUT2D eigenvalue weighted by Crippen LogP contribution is -2.14. The van der Waals surface area contributed by atoms with Gasteiger partial charge in [-0.25, -0.2) is 0 Å². The van der Waals surface area contributed by atoms with Crippen LogP contribution >= 0.6 is 24.0 Å². The van der Waals surface area contributed by atoms with Crippen LogP contribution in [0.25, 0.3) is 16.8 Å². The molecular weight excluding hydrogens is 258 g/mol. The molecule has 0 unspecified atom stereocenters. The van der Waals surface area contributed by atoms with Crippen LogP contribution in [0.2, 0.25) is 0 Å². The molecule has 1 nitrogen and oxygen atoms in total. The van der Waals surface area contributed by atoms with Crippen molar-refractivity contribution < 1.29 is 0 Å². The quantitative estimate of drug-likeness (QED) is 0.747. The number of hydrogen-bond donors (Lipinski definition) is 0. The van der Waals surface area contributed by atoms with Crippen LogP contribution in [-0.4, -0.2) is 23.3 Å². The first-order valence-corrected chi connectivity index (χ1v) is 6.99. The Morgan fingerprint density at radius 3 is 2.61 bits per heavy atom. The Morgan fingerprint density at radius 2 is 1.83 bits per heavy atom. The number of hydrogen-bond acceptors (Lipinski definition) is 2. The Morgan fingerprint density at radius 1 is 1.11 bits per heavy atom. The Balaban J connectivity index is 2.22. The van der Waals surface area contributed by atoms with Crippen LogP contribution in [0.1, 0.15) is 5.56 Å². The molecule has 92 valence electrons. The maximum Gasteiger partial charge on any atom is 0.140 e. The minimum absolute atomic E-state index is 0.867. The average Bonchev–Trinajstić information content (AvgIpc) is 2.38. The first-order valence-electron chi connectivity index (χ1n) is 5.71. The molecule has 0 atom stereocenters. The van der Waals surface area contributed by atoms with Gasteiger partial charge in [0, 0.05) is 14.1 Å². The Bertz CT molecular complexity index is 583. The largest absolute Gasteiger partial charge is 0.363 e. The molecule has 0 saturated heterocycles. The molecule has 0 aliphatic carbocycles. The van der Waals surface area contributed by atoms with E-state index in [-0.39, 0.29) is 0 Å². The highest BCUT2D eigenvalue weighted by atomic mass is 32.2. The van der Waals surface area contributed by atoms with Crippen molar-refractivity contribution in [2.75, 3.05) is 14.1 Å². The molecule has 0 bridgehead atoms. The van der Waals surface area contributed by atoms with Gasteiger partial charge in [0.15, 0.2) is 0 Å². The van der Waals surface area contributed by atoms with E-state index in [1.54, 1.807) is 11.8 Å². The molecule has 0 saturated carbocycles. The molecule has 0 aliphatic heterocycles. The van der Waals surface area contributed by atoms with Gasteiger partial charge >= 0.3 is 0 Å². The van der Waals surface area contributed by atoms with Crippen molar-refractivity contribution in [1.82, 2.24) is 4.90 Å². The second-order valence-electron chi connectivity index (χ2n) is 4.15. The summed E-state index contributed by atoms with van der Waals surface area (Å²) in [6.45, 7) is 0. The lowest BCUT2D eigenvalue weighted by Gasteiger charge is -2.10. The monoisotopic (exact) mass is 273 g/mol. The van der Waals surface area contributed by atoms with E-state index >= 15 is 0 Å². The third kappa shape index (κ3) is 3.12. The van der Waals surface area contributed by atoms with Gasteiger partial charge < -0.3 is 4.90 Å². The second kappa shape index (κ2) is 6.03. The van der Waals surface area contributed by atoms with Crippen LogP contribution in [0, 0.1) is 0 Å². The first-order chi connectivity index (χ1) is 8.68. The van der Waals surface area contributed by atoms with E-state index < -0.39 is 0 Å². The Hall–Kier alpha value is -1.32. The summed E-state index contributed by atoms with van der Waals surface area (Å²) in [5.41, 5.74) is 1.22. The van der Waals surface area contributed by atoms with Crippen molar-refractivity contribution >= 4 is 45.1 Å². The normalized spacial score (nSPS) is 11.0. The number of nitrogens with zero attached hydrogens (tertiary/aromatic N) is 1. The molecule has 0 N–H and O–H groups in total. The third-order valence-corrected chi connectivity index (χ3v) is 4.10. The average molecular weight is 273 g/mol. The summed E-state index contributed by atoms with van der Waals surface area (Å²) in [7, 11) is 3.92. The summed E-state index contributed by atoms with van der Waals surface area (Å²) < 4.78 is 0.867. The van der Waals surface area contributed by atoms with Gasteiger partial charge in [-0.15, -0.1) is 0 Å². The molecule has 0 aliphatic rings. The van der Waals surface area contributed by atoms with E-state index in [0.717, 1.165) is 4.32 Å². The number of thiocarbonyl (C=S) groups is 1. The van der Waals surface area contributed by atoms with Crippen LogP contribution in [0.4, 0.5) is 0 Å². The van der Waals surface area contributed by atoms with Crippen LogP contribution < -0.4 is 0 Å². The predicted octanol–water partition coefficient (Wildman–Crippen LogP) is 4.39. The van der Waals surface area contributed by atoms with E-state index in [1.807, 2.05) is 24.4 Å². The molecule has 0 spiro atoms. The highest BCUT2D eigenvalue weighted by Crippen LogP contribution is 2.21. The fraction of sp³-hybridized carbons (Fsp3) is 0.133. The van der Waals surface area contributed by atoms with Gasteiger partial charge in [-0.1, -0.05) is 66.4 Å². The highest BCUT2D eigenvalue weighted by Gasteiger charge is 1.98. The summed E-state index contributed by atoms with van der Waals surface area (Å²) in [6.07, 6.45) is 2.11. The lowest BCUT2D eigenvalue weighted by atomic mass is 10.1. The van der Waals surface area contributed by atoms with Gasteiger partial charge in [-0.3, -0.25) is 0 Å². The molecule has 0 heterocycles. The van der Waals surface area contributed by atoms with Gasteiger partial charge in [0.2, 0.25) is 0 Å². The molecule has 0 amide bonds. The zero-order valence-corrected chi connectivity index (χ0v) is 12.1. The molecule has 0 radical (unpaired) electrons. The second-order valence-corrected chi connectivity index (χ2v) is 5.69. The minimum atomic E-state index is 0.867. The van der Waals surface area contributed by atoms with Crippen molar-refractivity contribution in [3.05, 3.63) is 53.4 Å². The predicted molar refractivity (Wildman–Crippen MR) is 86.9 cm³/mol. The van der Waals surface area contributed by atoms with Gasteiger partial charge in [0.05, 0.1) is 0 Å². The summed E-state index contributed by atoms with van der Waals surface area (Å²) >= 11 is 6.79. The van der Waals surface area contributed by atoms with E-state index in [9.17, 15) is 0 Å². The maximum atomic E-state index is 5.23. The molecule has 0 aromatic heterocycles. The van der Waals surface area contributed by atoms with Crippen molar-refractivity contribution in [2.45, 2.75) is 0 Å². The Kier molecular flexibility index (Phi) is 4.39. The fourth-order valence-corrected chi connectivity index (χ4v) is 2.38. The highest BCUT2D eigenvalue weighted by molar-refractivity contribution is 8.24. The molecule has 0 fully saturated rings. The summed E-state index contributed by atoms with van der Waals surface area (Å²) in [5, 5.41) is 4.58. The van der Waals surface area contributed by atoms with Crippen molar-refractivity contribution in [2.24, 2.45) is 0 Å². The van der Waals surface area contributed by atoms with Crippen molar-refractivity contribution in [3.8, 4) is 0 Å². The fourth-order valence-electron chi connectivity index (χ4n) is 1.67. The number of fused-ring (bicyclic) bond motifs is 1. The Labute approximate surface area is 117 Å². The molecule has 18 heavy (non-hydrogen) atoms. The number of thioether (sulfide) groups is 1. The van der Waals surface area contributed by atoms with Crippen LogP contribution in [0.3, 0.4) is 0 Å². The number of rotatable bonds is 2. The summed E-state index contributed by atoms with van der Waals surface area (Å²) in [5.74, 6) is 0. The third-order valence-electron chi connectivity index (χ3n) is 2.60. The first kappa shape index (κ1) is 13.1. The number of benzene rings is 2. The van der Waals surface area contributed by atoms with Crippen LogP contribution in [0.5, 0.6) is 0 Å². The standard InChI is InChI=1S/C15H15NS2/c1-16(2)15(17)18-11-10-13-8-5-7-12-6-3-4-9-14(12)13/h3-11H,1-2H3/b11-10+. The molecule has 2 aromatic carbocycles. The van der Waals surface area contributed by atoms with Crippen LogP contribution in [-0.2, 0) is 0 Å². The van der Waals surface area contributed by atoms with E-state index in [2.05, 4.69) is 48.5 Å². The zero-order chi connectivity index (χ0) is 13.0. The SMILES string of the molecule is CN(C)C(=S)S/C=C/c1cccc2ccccc12. The maximum absolute atomic E-state index is 5.23. The zero-order valence-electron chi connectivity index (χ0n) is 10.5. The van der Waals surface area contributed by atoms with Gasteiger partial charge in [0.25, 0.3) is 0 Å². The van der Waals surface area contributed by atoms with Gasteiger partial charge in [-0.2, -0.15) is 0 Å². The van der Waals surface area contributed by atoms with Gasteiger partial charge in [0.1, 0.15) is 4.32 Å². The topological polar surface area (TPSA) is 3.24 Å². The smallest absolute Gasteiger partial charge is 0.140 e. The van der Waals surface area contributed by atoms with E-state index in [4.69, 9.17) is 12.2 Å². The van der Waals surface area contributed by atoms with Crippen molar-refractivity contribution in [3.63, 3.8) is 0 Å². The molecule has 2 rings (SSSR count). The van der Waals surface area contributed by atoms with Crippen molar-refractivity contribution in [1.29, 1.82) is 0 Å². The molecular formula is C15H15NS2. The summed E-state index contributed by atoms with van der Waals surface area (Å²) in [4.78, 5) is 1.94. The van der Waals surface area contributed by atoms with E-state index in [0.29, 0.717) is 0 Å². The van der Waals surface area contributed by atoms with Crippen LogP contribution in [0.15, 0.2) is 47.9 Å². The van der Waals surface area contributed by atoms with Gasteiger partial charge in [-0.05, 0) is 27.8 Å². The molecule has 3 heteroatoms. The minimum Gasteiger partial charge on any atom is -0.363 e.